The number of nitrogens with zero attached hydrogens (tertiary/aromatic N) is 1. The average molecular weight is 374 g/mol. The van der Waals surface area contributed by atoms with E-state index in [2.05, 4.69) is 5.32 Å². The summed E-state index contributed by atoms with van der Waals surface area (Å²) in [5.41, 5.74) is 1.83. The number of amides is 1. The SMILES string of the molecule is COc1ccccc1[C@H](C)NC(=O)c1cccc(N2CCCS2(=O)=O)c1. The topological polar surface area (TPSA) is 75.7 Å². The predicted molar refractivity (Wildman–Crippen MR) is 101 cm³/mol. The highest BCUT2D eigenvalue weighted by Gasteiger charge is 2.28. The van der Waals surface area contributed by atoms with Gasteiger partial charge in [0.1, 0.15) is 5.75 Å². The highest BCUT2D eigenvalue weighted by Crippen LogP contribution is 2.26. The van der Waals surface area contributed by atoms with Crippen LogP contribution in [0.2, 0.25) is 0 Å². The molecule has 0 bridgehead atoms. The minimum absolute atomic E-state index is 0.147. The molecule has 2 aromatic rings. The number of methoxy groups -OCH3 is 1. The lowest BCUT2D eigenvalue weighted by Crippen LogP contribution is -2.28. The summed E-state index contributed by atoms with van der Waals surface area (Å²) in [5, 5.41) is 2.94. The molecule has 7 heteroatoms. The standard InChI is InChI=1S/C19H22N2O4S/c1-14(17-9-3-4-10-18(17)25-2)20-19(22)15-7-5-8-16(13-15)21-11-6-12-26(21,23)24/h3-5,7-10,13-14H,6,11-12H2,1-2H3,(H,20,22)/t14-/m0/s1. The van der Waals surface area contributed by atoms with E-state index in [4.69, 9.17) is 4.74 Å². The van der Waals surface area contributed by atoms with Crippen LogP contribution in [0.5, 0.6) is 5.75 Å². The minimum atomic E-state index is -3.27. The van der Waals surface area contributed by atoms with Crippen molar-refractivity contribution in [2.75, 3.05) is 23.7 Å². The number of nitrogens with one attached hydrogen (secondary N) is 1. The van der Waals surface area contributed by atoms with Crippen LogP contribution < -0.4 is 14.4 Å². The molecule has 26 heavy (non-hydrogen) atoms. The minimum Gasteiger partial charge on any atom is -0.496 e. The lowest BCUT2D eigenvalue weighted by Gasteiger charge is -2.19. The zero-order valence-corrected chi connectivity index (χ0v) is 15.6. The molecule has 1 saturated heterocycles. The third-order valence-corrected chi connectivity index (χ3v) is 6.32. The second kappa shape index (κ2) is 7.37. The van der Waals surface area contributed by atoms with Crippen molar-refractivity contribution >= 4 is 21.6 Å². The van der Waals surface area contributed by atoms with Gasteiger partial charge in [-0.2, -0.15) is 0 Å². The zero-order valence-electron chi connectivity index (χ0n) is 14.8. The van der Waals surface area contributed by atoms with E-state index in [1.54, 1.807) is 31.4 Å². The Hall–Kier alpha value is -2.54. The van der Waals surface area contributed by atoms with Crippen LogP contribution >= 0.6 is 0 Å². The van der Waals surface area contributed by atoms with Crippen molar-refractivity contribution in [3.05, 3.63) is 59.7 Å². The third kappa shape index (κ3) is 3.67. The summed E-state index contributed by atoms with van der Waals surface area (Å²) < 4.78 is 30.9. The van der Waals surface area contributed by atoms with E-state index in [1.165, 1.54) is 4.31 Å². The Morgan fingerprint density at radius 1 is 1.19 bits per heavy atom. The Morgan fingerprint density at radius 3 is 2.65 bits per heavy atom. The normalized spacial score (nSPS) is 16.9. The summed E-state index contributed by atoms with van der Waals surface area (Å²) in [5.74, 6) is 0.591. The number of anilines is 1. The van der Waals surface area contributed by atoms with E-state index in [9.17, 15) is 13.2 Å². The molecule has 0 saturated carbocycles. The smallest absolute Gasteiger partial charge is 0.251 e. The van der Waals surface area contributed by atoms with Crippen LogP contribution in [0.15, 0.2) is 48.5 Å². The van der Waals surface area contributed by atoms with Crippen LogP contribution in [0.3, 0.4) is 0 Å². The Bertz CT molecular complexity index is 911. The lowest BCUT2D eigenvalue weighted by atomic mass is 10.1. The van der Waals surface area contributed by atoms with E-state index in [0.717, 1.165) is 5.56 Å². The van der Waals surface area contributed by atoms with Crippen molar-refractivity contribution in [2.45, 2.75) is 19.4 Å². The van der Waals surface area contributed by atoms with Gasteiger partial charge in [0.15, 0.2) is 0 Å². The lowest BCUT2D eigenvalue weighted by molar-refractivity contribution is 0.0939. The van der Waals surface area contributed by atoms with Crippen molar-refractivity contribution < 1.29 is 17.9 Å². The number of benzene rings is 2. The first-order valence-electron chi connectivity index (χ1n) is 8.46. The van der Waals surface area contributed by atoms with Crippen molar-refractivity contribution in [2.24, 2.45) is 0 Å². The molecular weight excluding hydrogens is 352 g/mol. The molecule has 0 aromatic heterocycles. The second-order valence-corrected chi connectivity index (χ2v) is 8.24. The quantitative estimate of drug-likeness (QED) is 0.873. The number of sulfonamides is 1. The highest BCUT2D eigenvalue weighted by atomic mass is 32.2. The Morgan fingerprint density at radius 2 is 1.96 bits per heavy atom. The summed E-state index contributed by atoms with van der Waals surface area (Å²) in [4.78, 5) is 12.6. The van der Waals surface area contributed by atoms with Crippen LogP contribution in [0.25, 0.3) is 0 Å². The largest absolute Gasteiger partial charge is 0.496 e. The van der Waals surface area contributed by atoms with Gasteiger partial charge in [0.2, 0.25) is 10.0 Å². The highest BCUT2D eigenvalue weighted by molar-refractivity contribution is 7.93. The van der Waals surface area contributed by atoms with Gasteiger partial charge in [0.25, 0.3) is 5.91 Å². The molecule has 0 unspecified atom stereocenters. The molecule has 1 fully saturated rings. The monoisotopic (exact) mass is 374 g/mol. The molecule has 1 aliphatic heterocycles. The summed E-state index contributed by atoms with van der Waals surface area (Å²) in [7, 11) is -1.68. The van der Waals surface area contributed by atoms with Crippen LogP contribution in [0.4, 0.5) is 5.69 Å². The van der Waals surface area contributed by atoms with Gasteiger partial charge in [-0.25, -0.2) is 8.42 Å². The van der Waals surface area contributed by atoms with Gasteiger partial charge in [-0.15, -0.1) is 0 Å². The van der Waals surface area contributed by atoms with Gasteiger partial charge in [-0.1, -0.05) is 24.3 Å². The number of hydrogen-bond acceptors (Lipinski definition) is 4. The fourth-order valence-electron chi connectivity index (χ4n) is 3.11. The van der Waals surface area contributed by atoms with E-state index in [1.807, 2.05) is 31.2 Å². The molecule has 1 N–H and O–H groups in total. The molecule has 3 rings (SSSR count). The van der Waals surface area contributed by atoms with Crippen LogP contribution in [-0.4, -0.2) is 33.7 Å². The van der Waals surface area contributed by atoms with E-state index in [-0.39, 0.29) is 17.7 Å². The first-order valence-corrected chi connectivity index (χ1v) is 10.1. The fraction of sp³-hybridized carbons (Fsp3) is 0.316. The molecule has 6 nitrogen and oxygen atoms in total. The van der Waals surface area contributed by atoms with E-state index in [0.29, 0.717) is 30.0 Å². The van der Waals surface area contributed by atoms with Gasteiger partial charge in [-0.05, 0) is 37.6 Å². The van der Waals surface area contributed by atoms with Gasteiger partial charge in [0, 0.05) is 17.7 Å². The Labute approximate surface area is 153 Å². The van der Waals surface area contributed by atoms with Crippen LogP contribution in [0.1, 0.15) is 35.3 Å². The van der Waals surface area contributed by atoms with Crippen molar-refractivity contribution in [1.29, 1.82) is 0 Å². The summed E-state index contributed by atoms with van der Waals surface area (Å²) >= 11 is 0. The molecule has 0 radical (unpaired) electrons. The third-order valence-electron chi connectivity index (χ3n) is 4.45. The van der Waals surface area contributed by atoms with Gasteiger partial charge < -0.3 is 10.1 Å². The Balaban J connectivity index is 1.79. The summed E-state index contributed by atoms with van der Waals surface area (Å²) in [6, 6.07) is 14.0. The first-order chi connectivity index (χ1) is 12.4. The fourth-order valence-corrected chi connectivity index (χ4v) is 4.67. The predicted octanol–water partition coefficient (Wildman–Crippen LogP) is 2.73. The molecule has 138 valence electrons. The second-order valence-electron chi connectivity index (χ2n) is 6.23. The van der Waals surface area contributed by atoms with Gasteiger partial charge >= 0.3 is 0 Å². The van der Waals surface area contributed by atoms with E-state index >= 15 is 0 Å². The van der Waals surface area contributed by atoms with Crippen LogP contribution in [-0.2, 0) is 10.0 Å². The van der Waals surface area contributed by atoms with Crippen LogP contribution in [0, 0.1) is 0 Å². The van der Waals surface area contributed by atoms with Crippen molar-refractivity contribution in [1.82, 2.24) is 5.32 Å². The molecule has 1 heterocycles. The molecule has 0 aliphatic carbocycles. The first kappa shape index (κ1) is 18.3. The maximum Gasteiger partial charge on any atom is 0.251 e. The molecule has 1 aliphatic rings. The number of hydrogen-bond donors (Lipinski definition) is 1. The van der Waals surface area contributed by atoms with Gasteiger partial charge in [0.05, 0.1) is 24.6 Å². The maximum atomic E-state index is 12.6. The summed E-state index contributed by atoms with van der Waals surface area (Å²) in [6.45, 7) is 2.33. The maximum absolute atomic E-state index is 12.6. The molecule has 2 aromatic carbocycles. The average Bonchev–Trinajstić information content (AvgIpc) is 3.00. The van der Waals surface area contributed by atoms with Crippen molar-refractivity contribution in [3.63, 3.8) is 0 Å². The Kier molecular flexibility index (Phi) is 5.18. The van der Waals surface area contributed by atoms with Crippen molar-refractivity contribution in [3.8, 4) is 5.75 Å². The number of rotatable bonds is 5. The number of para-hydroxylation sites is 1. The summed E-state index contributed by atoms with van der Waals surface area (Å²) in [6.07, 6.45) is 0.601. The number of carbonyl (C=O) groups excluding carboxylic acids is 1. The van der Waals surface area contributed by atoms with E-state index < -0.39 is 10.0 Å². The molecule has 0 spiro atoms. The zero-order chi connectivity index (χ0) is 18.7. The number of ether oxygens (including phenoxy) is 1. The molecular formula is C19H22N2O4S. The molecule has 1 atom stereocenters. The number of carbonyl (C=O) groups is 1. The van der Waals surface area contributed by atoms with Gasteiger partial charge in [-0.3, -0.25) is 9.10 Å². The molecule has 1 amide bonds.